The lowest BCUT2D eigenvalue weighted by molar-refractivity contribution is 0.512. The van der Waals surface area contributed by atoms with Gasteiger partial charge in [-0.3, -0.25) is 0 Å². The van der Waals surface area contributed by atoms with E-state index in [0.29, 0.717) is 5.92 Å². The molecule has 1 nitrogen and oxygen atoms in total. The van der Waals surface area contributed by atoms with Crippen molar-refractivity contribution >= 4 is 31.9 Å². The van der Waals surface area contributed by atoms with Crippen molar-refractivity contribution < 1.29 is 0 Å². The van der Waals surface area contributed by atoms with Crippen LogP contribution in [0.25, 0.3) is 0 Å². The highest BCUT2D eigenvalue weighted by atomic mass is 79.9. The number of hydrogen-bond donors (Lipinski definition) is 1. The third-order valence-electron chi connectivity index (χ3n) is 2.06. The van der Waals surface area contributed by atoms with E-state index in [1.165, 1.54) is 0 Å². The molecule has 1 atom stereocenters. The monoisotopic (exact) mass is 305 g/mol. The summed E-state index contributed by atoms with van der Waals surface area (Å²) in [6.45, 7) is 4.25. The maximum absolute atomic E-state index is 6.06. The molecule has 0 heterocycles. The smallest absolute Gasteiger partial charge is 0.0365 e. The van der Waals surface area contributed by atoms with Crippen molar-refractivity contribution in [3.8, 4) is 0 Å². The van der Waals surface area contributed by atoms with Crippen LogP contribution in [0.2, 0.25) is 0 Å². The Bertz CT molecular complexity index is 297. The fraction of sp³-hybridized carbons (Fsp3) is 0.400. The second-order valence-corrected chi connectivity index (χ2v) is 5.06. The predicted octanol–water partition coefficient (Wildman–Crippen LogP) is 3.87. The Morgan fingerprint density at radius 3 is 2.38 bits per heavy atom. The van der Waals surface area contributed by atoms with Crippen molar-refractivity contribution in [1.82, 2.24) is 0 Å². The molecule has 0 aliphatic rings. The number of rotatable bonds is 2. The first-order valence-corrected chi connectivity index (χ1v) is 5.82. The first kappa shape index (κ1) is 11.2. The van der Waals surface area contributed by atoms with Crippen molar-refractivity contribution in [2.24, 2.45) is 11.7 Å². The maximum Gasteiger partial charge on any atom is 0.0365 e. The van der Waals surface area contributed by atoms with Gasteiger partial charge in [0.2, 0.25) is 0 Å². The fourth-order valence-electron chi connectivity index (χ4n) is 1.14. The van der Waals surface area contributed by atoms with Crippen molar-refractivity contribution in [3.05, 3.63) is 32.7 Å². The Morgan fingerprint density at radius 2 is 1.85 bits per heavy atom. The molecule has 0 aliphatic heterocycles. The summed E-state index contributed by atoms with van der Waals surface area (Å²) >= 11 is 6.98. The van der Waals surface area contributed by atoms with E-state index in [2.05, 4.69) is 51.8 Å². The quantitative estimate of drug-likeness (QED) is 0.882. The van der Waals surface area contributed by atoms with E-state index in [1.54, 1.807) is 0 Å². The van der Waals surface area contributed by atoms with E-state index in [1.807, 2.05) is 12.1 Å². The van der Waals surface area contributed by atoms with Crippen LogP contribution in [0.15, 0.2) is 27.1 Å². The normalized spacial score (nSPS) is 13.4. The lowest BCUT2D eigenvalue weighted by Crippen LogP contribution is -2.17. The lowest BCUT2D eigenvalue weighted by Gasteiger charge is -2.18. The van der Waals surface area contributed by atoms with Gasteiger partial charge in [-0.05, 0) is 49.4 Å². The lowest BCUT2D eigenvalue weighted by atomic mass is 9.97. The minimum Gasteiger partial charge on any atom is -0.324 e. The maximum atomic E-state index is 6.06. The highest BCUT2D eigenvalue weighted by Gasteiger charge is 2.14. The molecule has 1 aromatic carbocycles. The minimum absolute atomic E-state index is 0.0897. The van der Waals surface area contributed by atoms with E-state index in [-0.39, 0.29) is 6.04 Å². The van der Waals surface area contributed by atoms with Crippen molar-refractivity contribution in [2.75, 3.05) is 0 Å². The van der Waals surface area contributed by atoms with Gasteiger partial charge < -0.3 is 5.73 Å². The number of halogens is 2. The minimum atomic E-state index is 0.0897. The molecule has 0 bridgehead atoms. The van der Waals surface area contributed by atoms with Crippen LogP contribution >= 0.6 is 31.9 Å². The van der Waals surface area contributed by atoms with Crippen LogP contribution in [0, 0.1) is 5.92 Å². The van der Waals surface area contributed by atoms with Gasteiger partial charge in [-0.25, -0.2) is 0 Å². The second-order valence-electron chi connectivity index (χ2n) is 3.41. The van der Waals surface area contributed by atoms with Crippen LogP contribution < -0.4 is 5.73 Å². The molecular formula is C10H13Br2N. The Morgan fingerprint density at radius 1 is 1.23 bits per heavy atom. The van der Waals surface area contributed by atoms with Gasteiger partial charge >= 0.3 is 0 Å². The average Bonchev–Trinajstić information content (AvgIpc) is 2.08. The average molecular weight is 307 g/mol. The summed E-state index contributed by atoms with van der Waals surface area (Å²) < 4.78 is 2.12. The summed E-state index contributed by atoms with van der Waals surface area (Å²) in [5.41, 5.74) is 7.21. The van der Waals surface area contributed by atoms with E-state index < -0.39 is 0 Å². The van der Waals surface area contributed by atoms with Crippen LogP contribution in [0.1, 0.15) is 25.5 Å². The molecular weight excluding hydrogens is 294 g/mol. The van der Waals surface area contributed by atoms with Gasteiger partial charge in [0.1, 0.15) is 0 Å². The number of nitrogens with two attached hydrogens (primary N) is 1. The summed E-state index contributed by atoms with van der Waals surface area (Å²) in [5, 5.41) is 0. The number of benzene rings is 1. The molecule has 72 valence electrons. The van der Waals surface area contributed by atoms with Crippen molar-refractivity contribution in [3.63, 3.8) is 0 Å². The summed E-state index contributed by atoms with van der Waals surface area (Å²) in [6.07, 6.45) is 0. The molecule has 1 aromatic rings. The third-order valence-corrected chi connectivity index (χ3v) is 4.14. The van der Waals surface area contributed by atoms with Crippen LogP contribution in [-0.2, 0) is 0 Å². The molecule has 1 rings (SSSR count). The summed E-state index contributed by atoms with van der Waals surface area (Å²) in [7, 11) is 0. The van der Waals surface area contributed by atoms with Gasteiger partial charge in [0.15, 0.2) is 0 Å². The molecule has 0 aromatic heterocycles. The van der Waals surface area contributed by atoms with E-state index >= 15 is 0 Å². The largest absolute Gasteiger partial charge is 0.324 e. The molecule has 0 saturated carbocycles. The number of hydrogen-bond acceptors (Lipinski definition) is 1. The molecule has 0 unspecified atom stereocenters. The van der Waals surface area contributed by atoms with Crippen molar-refractivity contribution in [1.29, 1.82) is 0 Å². The van der Waals surface area contributed by atoms with Gasteiger partial charge in [0, 0.05) is 15.0 Å². The van der Waals surface area contributed by atoms with Crippen LogP contribution in [-0.4, -0.2) is 0 Å². The van der Waals surface area contributed by atoms with Gasteiger partial charge in [-0.15, -0.1) is 0 Å². The summed E-state index contributed by atoms with van der Waals surface area (Å²) in [6, 6.07) is 6.15. The van der Waals surface area contributed by atoms with Crippen LogP contribution in [0.3, 0.4) is 0 Å². The van der Waals surface area contributed by atoms with Gasteiger partial charge in [-0.1, -0.05) is 26.0 Å². The van der Waals surface area contributed by atoms with Crippen LogP contribution in [0.5, 0.6) is 0 Å². The highest BCUT2D eigenvalue weighted by molar-refractivity contribution is 9.13. The fourth-order valence-corrected chi connectivity index (χ4v) is 2.05. The first-order valence-electron chi connectivity index (χ1n) is 4.23. The Kier molecular flexibility index (Phi) is 3.95. The third kappa shape index (κ3) is 2.55. The molecule has 0 saturated heterocycles. The highest BCUT2D eigenvalue weighted by Crippen LogP contribution is 2.32. The molecule has 2 N–H and O–H groups in total. The topological polar surface area (TPSA) is 26.0 Å². The first-order chi connectivity index (χ1) is 6.04. The van der Waals surface area contributed by atoms with E-state index in [0.717, 1.165) is 14.5 Å². The zero-order chi connectivity index (χ0) is 10.0. The summed E-state index contributed by atoms with van der Waals surface area (Å²) in [4.78, 5) is 0. The zero-order valence-electron chi connectivity index (χ0n) is 7.72. The van der Waals surface area contributed by atoms with E-state index in [9.17, 15) is 0 Å². The molecule has 13 heavy (non-hydrogen) atoms. The molecule has 3 heteroatoms. The van der Waals surface area contributed by atoms with Crippen molar-refractivity contribution in [2.45, 2.75) is 19.9 Å². The Labute approximate surface area is 96.0 Å². The SMILES string of the molecule is CC(C)[C@H](N)c1cccc(Br)c1Br. The Hall–Kier alpha value is 0.140. The van der Waals surface area contributed by atoms with E-state index in [4.69, 9.17) is 5.73 Å². The predicted molar refractivity (Wildman–Crippen MR) is 63.6 cm³/mol. The van der Waals surface area contributed by atoms with Crippen LogP contribution in [0.4, 0.5) is 0 Å². The zero-order valence-corrected chi connectivity index (χ0v) is 10.9. The molecule has 0 radical (unpaired) electrons. The molecule has 0 spiro atoms. The van der Waals surface area contributed by atoms with Gasteiger partial charge in [0.25, 0.3) is 0 Å². The summed E-state index contributed by atoms with van der Waals surface area (Å²) in [5.74, 6) is 0.450. The molecule has 0 amide bonds. The van der Waals surface area contributed by atoms with Gasteiger partial charge in [-0.2, -0.15) is 0 Å². The van der Waals surface area contributed by atoms with Gasteiger partial charge in [0.05, 0.1) is 0 Å². The second kappa shape index (κ2) is 4.58. The molecule has 0 fully saturated rings. The standard InChI is InChI=1S/C10H13Br2N/c1-6(2)10(13)7-4-3-5-8(11)9(7)12/h3-6,10H,13H2,1-2H3/t10-/m0/s1. The Balaban J connectivity index is 3.07. The molecule has 0 aliphatic carbocycles.